The van der Waals surface area contributed by atoms with E-state index < -0.39 is 0 Å². The Bertz CT molecular complexity index is 867. The van der Waals surface area contributed by atoms with E-state index in [2.05, 4.69) is 15.4 Å². The van der Waals surface area contributed by atoms with Gasteiger partial charge in [0, 0.05) is 30.6 Å². The minimum atomic E-state index is -0.0954. The van der Waals surface area contributed by atoms with Crippen LogP contribution in [-0.2, 0) is 7.05 Å². The topological polar surface area (TPSA) is 59.8 Å². The van der Waals surface area contributed by atoms with Crippen LogP contribution in [0.2, 0.25) is 0 Å². The van der Waals surface area contributed by atoms with Gasteiger partial charge in [0.15, 0.2) is 0 Å². The predicted octanol–water partition coefficient (Wildman–Crippen LogP) is 3.67. The van der Waals surface area contributed by atoms with E-state index in [1.165, 1.54) is 0 Å². The summed E-state index contributed by atoms with van der Waals surface area (Å²) in [6.45, 7) is 4.05. The van der Waals surface area contributed by atoms with Crippen LogP contribution in [0.4, 0.5) is 0 Å². The summed E-state index contributed by atoms with van der Waals surface area (Å²) < 4.78 is 1.79. The van der Waals surface area contributed by atoms with E-state index in [0.29, 0.717) is 5.56 Å². The fourth-order valence-corrected chi connectivity index (χ4v) is 2.81. The highest BCUT2D eigenvalue weighted by Crippen LogP contribution is 2.20. The van der Waals surface area contributed by atoms with Crippen LogP contribution in [0, 0.1) is 6.92 Å². The van der Waals surface area contributed by atoms with Crippen molar-refractivity contribution >= 4 is 5.91 Å². The zero-order valence-corrected chi connectivity index (χ0v) is 14.7. The summed E-state index contributed by atoms with van der Waals surface area (Å²) in [5.74, 6) is -0.0954. The first kappa shape index (κ1) is 16.9. The average Bonchev–Trinajstić information content (AvgIpc) is 3.06. The van der Waals surface area contributed by atoms with Crippen molar-refractivity contribution in [2.24, 2.45) is 7.05 Å². The molecule has 1 atom stereocenters. The third-order valence-corrected chi connectivity index (χ3v) is 4.26. The lowest BCUT2D eigenvalue weighted by Crippen LogP contribution is -2.29. The van der Waals surface area contributed by atoms with Gasteiger partial charge in [0.05, 0.1) is 17.4 Å². The molecular formula is C20H22N4O. The van der Waals surface area contributed by atoms with Gasteiger partial charge >= 0.3 is 0 Å². The zero-order valence-electron chi connectivity index (χ0n) is 14.7. The molecule has 0 bridgehead atoms. The number of hydrogen-bond donors (Lipinski definition) is 1. The normalized spacial score (nSPS) is 12.0. The van der Waals surface area contributed by atoms with Crippen LogP contribution in [0.15, 0.2) is 54.9 Å². The summed E-state index contributed by atoms with van der Waals surface area (Å²) in [7, 11) is 1.88. The number of aromatic nitrogens is 3. The molecule has 0 unspecified atom stereocenters. The van der Waals surface area contributed by atoms with Crippen LogP contribution < -0.4 is 5.32 Å². The average molecular weight is 334 g/mol. The molecule has 5 nitrogen and oxygen atoms in total. The van der Waals surface area contributed by atoms with Crippen molar-refractivity contribution in [3.05, 3.63) is 71.7 Å². The van der Waals surface area contributed by atoms with Crippen molar-refractivity contribution in [3.63, 3.8) is 0 Å². The number of nitrogens with one attached hydrogen (secondary N) is 1. The van der Waals surface area contributed by atoms with E-state index in [0.717, 1.165) is 28.9 Å². The maximum absolute atomic E-state index is 12.7. The number of rotatable bonds is 5. The molecule has 0 fully saturated rings. The highest BCUT2D eigenvalue weighted by molar-refractivity contribution is 5.95. The number of carbonyl (C=O) groups is 1. The number of aryl methyl sites for hydroxylation is 2. The monoisotopic (exact) mass is 334 g/mol. The van der Waals surface area contributed by atoms with Gasteiger partial charge in [-0.1, -0.05) is 25.1 Å². The molecule has 128 valence electrons. The Hall–Kier alpha value is -2.95. The number of nitrogens with zero attached hydrogens (tertiary/aromatic N) is 3. The van der Waals surface area contributed by atoms with Crippen molar-refractivity contribution in [1.29, 1.82) is 0 Å². The van der Waals surface area contributed by atoms with Gasteiger partial charge in [0.1, 0.15) is 0 Å². The van der Waals surface area contributed by atoms with E-state index >= 15 is 0 Å². The zero-order chi connectivity index (χ0) is 17.8. The summed E-state index contributed by atoms with van der Waals surface area (Å²) in [6.07, 6.45) is 4.37. The molecule has 0 spiro atoms. The van der Waals surface area contributed by atoms with Crippen LogP contribution in [0.1, 0.15) is 41.0 Å². The first-order valence-electron chi connectivity index (χ1n) is 8.40. The standard InChI is InChI=1S/C20H22N4O/c1-4-17(19-10-11-22-24(19)3)23-20(25)16-7-5-6-15(12-16)18-9-8-14(2)13-21-18/h5-13,17H,4H2,1-3H3,(H,23,25)/t17-/m0/s1. The summed E-state index contributed by atoms with van der Waals surface area (Å²) >= 11 is 0. The molecule has 5 heteroatoms. The van der Waals surface area contributed by atoms with Gasteiger partial charge in [-0.3, -0.25) is 14.5 Å². The summed E-state index contributed by atoms with van der Waals surface area (Å²) in [4.78, 5) is 17.1. The Balaban J connectivity index is 1.81. The first-order valence-corrected chi connectivity index (χ1v) is 8.40. The van der Waals surface area contributed by atoms with Crippen molar-refractivity contribution in [3.8, 4) is 11.3 Å². The number of amides is 1. The van der Waals surface area contributed by atoms with E-state index in [-0.39, 0.29) is 11.9 Å². The molecule has 0 aliphatic rings. The molecule has 1 aromatic carbocycles. The highest BCUT2D eigenvalue weighted by Gasteiger charge is 2.17. The molecule has 0 saturated carbocycles. The van der Waals surface area contributed by atoms with Crippen LogP contribution in [0.5, 0.6) is 0 Å². The summed E-state index contributed by atoms with van der Waals surface area (Å²) in [5.41, 5.74) is 4.52. The van der Waals surface area contributed by atoms with Gasteiger partial charge in [0.2, 0.25) is 0 Å². The van der Waals surface area contributed by atoms with Gasteiger partial charge in [0.25, 0.3) is 5.91 Å². The van der Waals surface area contributed by atoms with Crippen LogP contribution in [0.25, 0.3) is 11.3 Å². The van der Waals surface area contributed by atoms with Crippen molar-refractivity contribution in [1.82, 2.24) is 20.1 Å². The quantitative estimate of drug-likeness (QED) is 0.774. The van der Waals surface area contributed by atoms with Crippen molar-refractivity contribution < 1.29 is 4.79 Å². The Morgan fingerprint density at radius 1 is 1.24 bits per heavy atom. The molecular weight excluding hydrogens is 312 g/mol. The molecule has 0 aliphatic carbocycles. The second-order valence-corrected chi connectivity index (χ2v) is 6.12. The van der Waals surface area contributed by atoms with E-state index in [1.54, 1.807) is 10.9 Å². The molecule has 25 heavy (non-hydrogen) atoms. The Morgan fingerprint density at radius 3 is 2.72 bits per heavy atom. The molecule has 1 N–H and O–H groups in total. The predicted molar refractivity (Wildman–Crippen MR) is 98.1 cm³/mol. The number of pyridine rings is 1. The number of benzene rings is 1. The third-order valence-electron chi connectivity index (χ3n) is 4.26. The highest BCUT2D eigenvalue weighted by atomic mass is 16.1. The molecule has 1 amide bonds. The molecule has 2 heterocycles. The Labute approximate surface area is 147 Å². The molecule has 3 rings (SSSR count). The minimum absolute atomic E-state index is 0.0684. The number of hydrogen-bond acceptors (Lipinski definition) is 3. The Kier molecular flexibility index (Phi) is 4.93. The van der Waals surface area contributed by atoms with Gasteiger partial charge in [-0.25, -0.2) is 0 Å². The van der Waals surface area contributed by atoms with Crippen LogP contribution >= 0.6 is 0 Å². The third kappa shape index (κ3) is 3.76. The van der Waals surface area contributed by atoms with Crippen LogP contribution in [0.3, 0.4) is 0 Å². The molecule has 0 saturated heterocycles. The van der Waals surface area contributed by atoms with E-state index in [4.69, 9.17) is 0 Å². The van der Waals surface area contributed by atoms with Crippen LogP contribution in [-0.4, -0.2) is 20.7 Å². The van der Waals surface area contributed by atoms with Gasteiger partial charge < -0.3 is 5.32 Å². The van der Waals surface area contributed by atoms with Gasteiger partial charge in [-0.15, -0.1) is 0 Å². The van der Waals surface area contributed by atoms with Gasteiger partial charge in [-0.2, -0.15) is 5.10 Å². The van der Waals surface area contributed by atoms with E-state index in [9.17, 15) is 4.79 Å². The second kappa shape index (κ2) is 7.30. The molecule has 0 radical (unpaired) electrons. The summed E-state index contributed by atoms with van der Waals surface area (Å²) in [6, 6.07) is 13.4. The smallest absolute Gasteiger partial charge is 0.251 e. The van der Waals surface area contributed by atoms with Crippen molar-refractivity contribution in [2.45, 2.75) is 26.3 Å². The lowest BCUT2D eigenvalue weighted by atomic mass is 10.1. The lowest BCUT2D eigenvalue weighted by molar-refractivity contribution is 0.0934. The molecule has 2 aromatic heterocycles. The fraction of sp³-hybridized carbons (Fsp3) is 0.250. The number of carbonyl (C=O) groups excluding carboxylic acids is 1. The minimum Gasteiger partial charge on any atom is -0.344 e. The maximum Gasteiger partial charge on any atom is 0.251 e. The summed E-state index contributed by atoms with van der Waals surface area (Å²) in [5, 5.41) is 7.28. The second-order valence-electron chi connectivity index (χ2n) is 6.12. The fourth-order valence-electron chi connectivity index (χ4n) is 2.81. The van der Waals surface area contributed by atoms with Crippen molar-refractivity contribution in [2.75, 3.05) is 0 Å². The first-order chi connectivity index (χ1) is 12.1. The SMILES string of the molecule is CC[C@H](NC(=O)c1cccc(-c2ccc(C)cn2)c1)c1ccnn1C. The van der Waals surface area contributed by atoms with E-state index in [1.807, 2.05) is 69.6 Å². The molecule has 3 aromatic rings. The Morgan fingerprint density at radius 2 is 2.08 bits per heavy atom. The lowest BCUT2D eigenvalue weighted by Gasteiger charge is -2.17. The maximum atomic E-state index is 12.7. The molecule has 0 aliphatic heterocycles. The van der Waals surface area contributed by atoms with Gasteiger partial charge in [-0.05, 0) is 43.2 Å². The largest absolute Gasteiger partial charge is 0.344 e.